The van der Waals surface area contributed by atoms with Crippen molar-refractivity contribution in [1.29, 1.82) is 0 Å². The molecule has 0 aliphatic rings. The van der Waals surface area contributed by atoms with Crippen molar-refractivity contribution in [2.24, 2.45) is 5.73 Å². The molecule has 5 N–H and O–H groups in total. The molecule has 2 aromatic carbocycles. The van der Waals surface area contributed by atoms with E-state index in [4.69, 9.17) is 5.73 Å². The van der Waals surface area contributed by atoms with Crippen molar-refractivity contribution in [3.8, 4) is 17.0 Å². The Balaban J connectivity index is 0.00000210. The minimum absolute atomic E-state index is 0. The number of aromatic hydroxyl groups is 1. The number of nitrogens with zero attached hydrogens (tertiary/aromatic N) is 2. The quantitative estimate of drug-likeness (QED) is 0.373. The first kappa shape index (κ1) is 18.9. The normalized spacial score (nSPS) is 10.5. The van der Waals surface area contributed by atoms with Crippen LogP contribution in [0.25, 0.3) is 22.3 Å². The van der Waals surface area contributed by atoms with Crippen LogP contribution >= 0.6 is 28.3 Å². The molecule has 1 amide bonds. The van der Waals surface area contributed by atoms with E-state index in [1.54, 1.807) is 6.07 Å². The Morgan fingerprint density at radius 2 is 2.04 bits per heavy atom. The Hall–Kier alpha value is -2.91. The lowest BCUT2D eigenvalue weighted by molar-refractivity contribution is 0.0998. The maximum atomic E-state index is 11.4. The smallest absolute Gasteiger partial charge is 0.252 e. The van der Waals surface area contributed by atoms with Crippen molar-refractivity contribution in [2.75, 3.05) is 5.32 Å². The number of aromatic amines is 1. The number of hydrogen-bond acceptors (Lipinski definition) is 6. The summed E-state index contributed by atoms with van der Waals surface area (Å²) in [4.78, 5) is 23.6. The number of fused-ring (bicyclic) bond motifs is 1. The van der Waals surface area contributed by atoms with Crippen molar-refractivity contribution in [3.63, 3.8) is 0 Å². The average Bonchev–Trinajstić information content (AvgIpc) is 3.26. The van der Waals surface area contributed by atoms with E-state index in [1.807, 2.05) is 29.6 Å². The Morgan fingerprint density at radius 3 is 2.81 bits per heavy atom. The van der Waals surface area contributed by atoms with Gasteiger partial charge in [0.2, 0.25) is 0 Å². The molecule has 27 heavy (non-hydrogen) atoms. The highest BCUT2D eigenvalue weighted by Gasteiger charge is 2.12. The van der Waals surface area contributed by atoms with Crippen LogP contribution in [0.1, 0.15) is 16.2 Å². The van der Waals surface area contributed by atoms with Gasteiger partial charge < -0.3 is 21.1 Å². The molecule has 0 unspecified atom stereocenters. The van der Waals surface area contributed by atoms with Gasteiger partial charge in [0.05, 0.1) is 28.8 Å². The summed E-state index contributed by atoms with van der Waals surface area (Å²) in [6, 6.07) is 12.5. The molecule has 0 saturated heterocycles. The third-order valence-corrected chi connectivity index (χ3v) is 4.71. The largest absolute Gasteiger partial charge is 0.507 e. The number of aromatic nitrogens is 3. The Kier molecular flexibility index (Phi) is 5.43. The minimum atomic E-state index is -0.678. The lowest BCUT2D eigenvalue weighted by atomic mass is 10.1. The predicted octanol–water partition coefficient (Wildman–Crippen LogP) is 3.68. The number of thiazole rings is 1. The lowest BCUT2D eigenvalue weighted by Gasteiger charge is -2.03. The van der Waals surface area contributed by atoms with E-state index in [0.717, 1.165) is 22.0 Å². The summed E-state index contributed by atoms with van der Waals surface area (Å²) in [5, 5.41) is 15.5. The number of benzene rings is 2. The number of imidazole rings is 1. The van der Waals surface area contributed by atoms with Crippen LogP contribution in [0, 0.1) is 0 Å². The lowest BCUT2D eigenvalue weighted by Crippen LogP contribution is -2.11. The SMILES string of the molecule is Br.NC(=O)c1cc(-c2csc(NCc3nc4ccccc4[nH]3)n2)ccc1O. The van der Waals surface area contributed by atoms with Crippen molar-refractivity contribution < 1.29 is 9.90 Å². The number of nitrogens with two attached hydrogens (primary N) is 1. The summed E-state index contributed by atoms with van der Waals surface area (Å²) in [6.07, 6.45) is 0. The second-order valence-electron chi connectivity index (χ2n) is 5.69. The molecule has 0 saturated carbocycles. The summed E-state index contributed by atoms with van der Waals surface area (Å²) in [6.45, 7) is 0.518. The van der Waals surface area contributed by atoms with Crippen LogP contribution in [-0.2, 0) is 6.54 Å². The van der Waals surface area contributed by atoms with E-state index in [0.29, 0.717) is 17.8 Å². The predicted molar refractivity (Wildman–Crippen MR) is 111 cm³/mol. The number of anilines is 1. The highest BCUT2D eigenvalue weighted by atomic mass is 79.9. The number of phenols is 1. The van der Waals surface area contributed by atoms with E-state index in [2.05, 4.69) is 20.3 Å². The maximum absolute atomic E-state index is 11.4. The molecule has 0 radical (unpaired) electrons. The molecule has 2 aromatic heterocycles. The zero-order valence-electron chi connectivity index (χ0n) is 14.0. The molecule has 0 atom stereocenters. The standard InChI is InChI=1S/C18H15N5O2S.BrH/c19-17(25)11-7-10(5-6-15(11)24)14-9-26-18(23-14)20-8-16-21-12-3-1-2-4-13(12)22-16;/h1-7,9,24H,8H2,(H2,19,25)(H,20,23)(H,21,22);1H. The number of carbonyl (C=O) groups excluding carboxylic acids is 1. The van der Waals surface area contributed by atoms with Crippen molar-refractivity contribution in [3.05, 3.63) is 59.2 Å². The van der Waals surface area contributed by atoms with Crippen LogP contribution < -0.4 is 11.1 Å². The van der Waals surface area contributed by atoms with E-state index in [-0.39, 0.29) is 28.3 Å². The topological polar surface area (TPSA) is 117 Å². The molecule has 0 bridgehead atoms. The van der Waals surface area contributed by atoms with Crippen LogP contribution in [0.5, 0.6) is 5.75 Å². The fraction of sp³-hybridized carbons (Fsp3) is 0.0556. The summed E-state index contributed by atoms with van der Waals surface area (Å²) in [5.74, 6) is 0.00567. The van der Waals surface area contributed by atoms with E-state index < -0.39 is 5.91 Å². The van der Waals surface area contributed by atoms with E-state index in [1.165, 1.54) is 23.5 Å². The van der Waals surface area contributed by atoms with Gasteiger partial charge in [0.25, 0.3) is 5.91 Å². The number of rotatable bonds is 5. The Labute approximate surface area is 169 Å². The van der Waals surface area contributed by atoms with Gasteiger partial charge >= 0.3 is 0 Å². The third-order valence-electron chi connectivity index (χ3n) is 3.91. The van der Waals surface area contributed by atoms with Gasteiger partial charge in [-0.25, -0.2) is 9.97 Å². The Morgan fingerprint density at radius 1 is 1.22 bits per heavy atom. The summed E-state index contributed by atoms with van der Waals surface area (Å²) >= 11 is 1.45. The van der Waals surface area contributed by atoms with Crippen molar-refractivity contribution in [1.82, 2.24) is 15.0 Å². The van der Waals surface area contributed by atoms with Crippen molar-refractivity contribution in [2.45, 2.75) is 6.54 Å². The number of halogens is 1. The summed E-state index contributed by atoms with van der Waals surface area (Å²) in [7, 11) is 0. The molecule has 0 aliphatic heterocycles. The monoisotopic (exact) mass is 445 g/mol. The molecule has 4 rings (SSSR count). The average molecular weight is 446 g/mol. The van der Waals surface area contributed by atoms with Gasteiger partial charge in [0, 0.05) is 10.9 Å². The number of primary amides is 1. The second-order valence-corrected chi connectivity index (χ2v) is 6.55. The second kappa shape index (κ2) is 7.77. The first-order valence-corrected chi connectivity index (χ1v) is 8.74. The summed E-state index contributed by atoms with van der Waals surface area (Å²) < 4.78 is 0. The zero-order valence-corrected chi connectivity index (χ0v) is 16.5. The molecule has 0 aliphatic carbocycles. The van der Waals surface area contributed by atoms with E-state index in [9.17, 15) is 9.90 Å². The van der Waals surface area contributed by atoms with Crippen LogP contribution in [0.3, 0.4) is 0 Å². The number of H-pyrrole nitrogens is 1. The first-order chi connectivity index (χ1) is 12.6. The maximum Gasteiger partial charge on any atom is 0.252 e. The highest BCUT2D eigenvalue weighted by molar-refractivity contribution is 8.93. The van der Waals surface area contributed by atoms with Gasteiger partial charge in [-0.05, 0) is 30.3 Å². The van der Waals surface area contributed by atoms with Gasteiger partial charge in [0.1, 0.15) is 11.6 Å². The molecular formula is C18H16BrN5O2S. The molecule has 9 heteroatoms. The number of hydrogen-bond donors (Lipinski definition) is 4. The minimum Gasteiger partial charge on any atom is -0.507 e. The van der Waals surface area contributed by atoms with Crippen LogP contribution in [0.2, 0.25) is 0 Å². The fourth-order valence-corrected chi connectivity index (χ4v) is 3.35. The van der Waals surface area contributed by atoms with E-state index >= 15 is 0 Å². The molecular weight excluding hydrogens is 430 g/mol. The first-order valence-electron chi connectivity index (χ1n) is 7.86. The van der Waals surface area contributed by atoms with Crippen LogP contribution in [0.4, 0.5) is 5.13 Å². The molecule has 138 valence electrons. The molecule has 0 fully saturated rings. The number of carbonyl (C=O) groups is 1. The fourth-order valence-electron chi connectivity index (χ4n) is 2.63. The van der Waals surface area contributed by atoms with Gasteiger partial charge in [-0.1, -0.05) is 12.1 Å². The van der Waals surface area contributed by atoms with Crippen LogP contribution in [-0.4, -0.2) is 26.0 Å². The number of para-hydroxylation sites is 2. The van der Waals surface area contributed by atoms with Gasteiger partial charge in [0.15, 0.2) is 5.13 Å². The van der Waals surface area contributed by atoms with Crippen molar-refractivity contribution >= 4 is 50.4 Å². The zero-order chi connectivity index (χ0) is 18.1. The molecule has 0 spiro atoms. The number of amides is 1. The molecule has 7 nitrogen and oxygen atoms in total. The third kappa shape index (κ3) is 3.93. The molecule has 4 aromatic rings. The van der Waals surface area contributed by atoms with Gasteiger partial charge in [-0.15, -0.1) is 28.3 Å². The Bertz CT molecular complexity index is 1080. The summed E-state index contributed by atoms with van der Waals surface area (Å²) in [5.41, 5.74) is 8.67. The highest BCUT2D eigenvalue weighted by Crippen LogP contribution is 2.28. The number of nitrogens with one attached hydrogen (secondary N) is 2. The molecule has 2 heterocycles. The van der Waals surface area contributed by atoms with Crippen LogP contribution in [0.15, 0.2) is 47.8 Å². The van der Waals surface area contributed by atoms with Gasteiger partial charge in [-0.3, -0.25) is 4.79 Å². The van der Waals surface area contributed by atoms with Gasteiger partial charge in [-0.2, -0.15) is 0 Å².